The van der Waals surface area contributed by atoms with Crippen LogP contribution in [0.2, 0.25) is 0 Å². The van der Waals surface area contributed by atoms with Crippen LogP contribution in [0.25, 0.3) is 0 Å². The third-order valence-corrected chi connectivity index (χ3v) is 4.35. The number of hydrogen-bond donors (Lipinski definition) is 2. The summed E-state index contributed by atoms with van der Waals surface area (Å²) in [6.45, 7) is 4.25. The molecule has 0 aromatic rings. The first-order valence-corrected chi connectivity index (χ1v) is 10.3. The zero-order valence-electron chi connectivity index (χ0n) is 15.9. The minimum atomic E-state index is -4.33. The van der Waals surface area contributed by atoms with Crippen molar-refractivity contribution >= 4 is 7.82 Å². The smallest absolute Gasteiger partial charge is 1.00 e. The number of hydrogen-bond acceptors (Lipinski definition) is 2. The van der Waals surface area contributed by atoms with E-state index in [1.54, 1.807) is 0 Å². The standard InChI is InChI=1S/C16H35O4P.Na.H/c1-3-5-6-7-8-9-10-11-12-13-15-16(14-4-2)20-21(17,18)19;;/h16H,3-15H2,1-2H3,(H2,17,18,19);;/q;+1;-1. The van der Waals surface area contributed by atoms with Gasteiger partial charge >= 0.3 is 37.4 Å². The van der Waals surface area contributed by atoms with Crippen LogP contribution in [0.5, 0.6) is 0 Å². The van der Waals surface area contributed by atoms with Crippen molar-refractivity contribution in [2.75, 3.05) is 0 Å². The molecule has 22 heavy (non-hydrogen) atoms. The summed E-state index contributed by atoms with van der Waals surface area (Å²) in [7, 11) is -4.33. The van der Waals surface area contributed by atoms with Gasteiger partial charge in [0.05, 0.1) is 6.10 Å². The van der Waals surface area contributed by atoms with Gasteiger partial charge in [0, 0.05) is 0 Å². The average molecular weight is 346 g/mol. The fourth-order valence-corrected chi connectivity index (χ4v) is 3.22. The molecular weight excluding hydrogens is 310 g/mol. The second-order valence-corrected chi connectivity index (χ2v) is 7.17. The van der Waals surface area contributed by atoms with Crippen LogP contribution in [0, 0.1) is 0 Å². The molecule has 0 heterocycles. The van der Waals surface area contributed by atoms with Crippen LogP contribution < -0.4 is 29.6 Å². The summed E-state index contributed by atoms with van der Waals surface area (Å²) in [5, 5.41) is 0. The van der Waals surface area contributed by atoms with E-state index in [0.717, 1.165) is 32.1 Å². The topological polar surface area (TPSA) is 66.8 Å². The maximum absolute atomic E-state index is 10.9. The number of rotatable bonds is 15. The maximum atomic E-state index is 10.9. The fourth-order valence-electron chi connectivity index (χ4n) is 2.63. The summed E-state index contributed by atoms with van der Waals surface area (Å²) < 4.78 is 15.7. The summed E-state index contributed by atoms with van der Waals surface area (Å²) in [6, 6.07) is 0. The van der Waals surface area contributed by atoms with Gasteiger partial charge < -0.3 is 11.2 Å². The first-order valence-electron chi connectivity index (χ1n) is 8.73. The van der Waals surface area contributed by atoms with Gasteiger partial charge in [-0.25, -0.2) is 4.57 Å². The molecule has 0 aromatic heterocycles. The van der Waals surface area contributed by atoms with Crippen LogP contribution in [0.4, 0.5) is 0 Å². The molecule has 130 valence electrons. The van der Waals surface area contributed by atoms with Crippen molar-refractivity contribution in [1.29, 1.82) is 0 Å². The molecule has 4 nitrogen and oxygen atoms in total. The van der Waals surface area contributed by atoms with E-state index in [0.29, 0.717) is 0 Å². The van der Waals surface area contributed by atoms with Gasteiger partial charge in [0.15, 0.2) is 0 Å². The fraction of sp³-hybridized carbons (Fsp3) is 1.00. The van der Waals surface area contributed by atoms with Crippen molar-refractivity contribution in [3.63, 3.8) is 0 Å². The summed E-state index contributed by atoms with van der Waals surface area (Å²) in [6.07, 6.45) is 14.8. The molecule has 0 aromatic carbocycles. The molecule has 0 aliphatic carbocycles. The van der Waals surface area contributed by atoms with Gasteiger partial charge in [0.1, 0.15) is 0 Å². The molecule has 2 N–H and O–H groups in total. The summed E-state index contributed by atoms with van der Waals surface area (Å²) in [5.74, 6) is 0. The zero-order chi connectivity index (χ0) is 16.0. The summed E-state index contributed by atoms with van der Waals surface area (Å²) in [4.78, 5) is 17.7. The third kappa shape index (κ3) is 19.2. The molecule has 0 fully saturated rings. The number of unbranched alkanes of at least 4 members (excludes halogenated alkanes) is 9. The Morgan fingerprint density at radius 2 is 1.27 bits per heavy atom. The Morgan fingerprint density at radius 1 is 0.818 bits per heavy atom. The second kappa shape index (κ2) is 17.0. The molecule has 6 heteroatoms. The molecular formula is C16H36NaO4P. The zero-order valence-corrected chi connectivity index (χ0v) is 17.8. The number of phosphoric ester groups is 1. The Labute approximate surface area is 160 Å². The first kappa shape index (κ1) is 25.4. The summed E-state index contributed by atoms with van der Waals surface area (Å²) in [5.41, 5.74) is 0. The van der Waals surface area contributed by atoms with Gasteiger partial charge in [0.25, 0.3) is 0 Å². The van der Waals surface area contributed by atoms with Crippen molar-refractivity contribution in [2.24, 2.45) is 0 Å². The van der Waals surface area contributed by atoms with Gasteiger partial charge in [-0.15, -0.1) is 0 Å². The Kier molecular flexibility index (Phi) is 19.5. The van der Waals surface area contributed by atoms with E-state index in [4.69, 9.17) is 14.3 Å². The van der Waals surface area contributed by atoms with Crippen molar-refractivity contribution < 1.29 is 49.9 Å². The van der Waals surface area contributed by atoms with Crippen LogP contribution in [0.1, 0.15) is 98.7 Å². The molecule has 0 saturated carbocycles. The molecule has 0 bridgehead atoms. The van der Waals surface area contributed by atoms with Crippen molar-refractivity contribution in [2.45, 2.75) is 103 Å². The molecule has 0 aliphatic rings. The molecule has 0 amide bonds. The molecule has 0 spiro atoms. The third-order valence-electron chi connectivity index (χ3n) is 3.78. The van der Waals surface area contributed by atoms with E-state index in [9.17, 15) is 4.57 Å². The van der Waals surface area contributed by atoms with Gasteiger partial charge in [-0.3, -0.25) is 4.52 Å². The molecule has 0 saturated heterocycles. The quantitative estimate of drug-likeness (QED) is 0.272. The Balaban J connectivity index is -0.00000200. The van der Waals surface area contributed by atoms with Gasteiger partial charge in [-0.2, -0.15) is 0 Å². The number of phosphoric acid groups is 1. The Hall–Kier alpha value is 1.11. The van der Waals surface area contributed by atoms with Gasteiger partial charge in [0.2, 0.25) is 0 Å². The predicted octanol–water partition coefficient (Wildman–Crippen LogP) is 2.69. The molecule has 0 rings (SSSR count). The first-order chi connectivity index (χ1) is 9.99. The van der Waals surface area contributed by atoms with Crippen LogP contribution in [-0.4, -0.2) is 15.9 Å². The van der Waals surface area contributed by atoms with Gasteiger partial charge in [-0.05, 0) is 12.8 Å². The van der Waals surface area contributed by atoms with E-state index >= 15 is 0 Å². The second-order valence-electron chi connectivity index (χ2n) is 5.98. The van der Waals surface area contributed by atoms with E-state index < -0.39 is 7.82 Å². The van der Waals surface area contributed by atoms with Crippen LogP contribution in [-0.2, 0) is 9.09 Å². The van der Waals surface area contributed by atoms with Crippen molar-refractivity contribution in [1.82, 2.24) is 0 Å². The monoisotopic (exact) mass is 346 g/mol. The van der Waals surface area contributed by atoms with Gasteiger partial charge in [-0.1, -0.05) is 84.5 Å². The van der Waals surface area contributed by atoms with E-state index in [-0.39, 0.29) is 37.1 Å². The molecule has 1 atom stereocenters. The van der Waals surface area contributed by atoms with E-state index in [2.05, 4.69) is 6.92 Å². The minimum absolute atomic E-state index is 0. The predicted molar refractivity (Wildman–Crippen MR) is 89.4 cm³/mol. The maximum Gasteiger partial charge on any atom is 1.00 e. The molecule has 0 radical (unpaired) electrons. The van der Waals surface area contributed by atoms with Crippen LogP contribution in [0.3, 0.4) is 0 Å². The largest absolute Gasteiger partial charge is 1.00 e. The molecule has 0 aliphatic heterocycles. The van der Waals surface area contributed by atoms with Crippen LogP contribution >= 0.6 is 7.82 Å². The summed E-state index contributed by atoms with van der Waals surface area (Å²) >= 11 is 0. The van der Waals surface area contributed by atoms with Crippen molar-refractivity contribution in [3.8, 4) is 0 Å². The van der Waals surface area contributed by atoms with Crippen LogP contribution in [0.15, 0.2) is 0 Å². The Morgan fingerprint density at radius 3 is 1.68 bits per heavy atom. The minimum Gasteiger partial charge on any atom is -1.00 e. The van der Waals surface area contributed by atoms with E-state index in [1.807, 2.05) is 6.92 Å². The molecule has 1 unspecified atom stereocenters. The van der Waals surface area contributed by atoms with Crippen molar-refractivity contribution in [3.05, 3.63) is 0 Å². The normalized spacial score (nSPS) is 12.9. The average Bonchev–Trinajstić information content (AvgIpc) is 2.39. The SMILES string of the molecule is CCCCCCCCCCCCC(CCC)OP(=O)(O)O.[H-].[Na+]. The van der Waals surface area contributed by atoms with E-state index in [1.165, 1.54) is 51.4 Å². The Bertz CT molecular complexity index is 277.